The molecule has 13 rings (SSSR count). The van der Waals surface area contributed by atoms with Crippen molar-refractivity contribution in [2.75, 3.05) is 0 Å². The third-order valence-corrected chi connectivity index (χ3v) is 13.2. The number of thiophene rings is 1. The van der Waals surface area contributed by atoms with Gasteiger partial charge in [-0.3, -0.25) is 0 Å². The quantitative estimate of drug-likeness (QED) is 0.174. The van der Waals surface area contributed by atoms with Crippen LogP contribution in [0.3, 0.4) is 0 Å². The smallest absolute Gasteiger partial charge is 0.164 e. The van der Waals surface area contributed by atoms with Crippen LogP contribution in [-0.2, 0) is 0 Å². The Morgan fingerprint density at radius 1 is 0.377 bits per heavy atom. The van der Waals surface area contributed by atoms with Gasteiger partial charge in [-0.15, -0.1) is 11.3 Å². The van der Waals surface area contributed by atoms with E-state index in [1.54, 1.807) is 0 Å². The molecule has 6 heteroatoms. The van der Waals surface area contributed by atoms with Crippen molar-refractivity contribution in [1.29, 1.82) is 0 Å². The monoisotopic (exact) mass is 796 g/mol. The molecule has 9 aromatic carbocycles. The van der Waals surface area contributed by atoms with Crippen molar-refractivity contribution in [1.82, 2.24) is 19.5 Å². The van der Waals surface area contributed by atoms with Gasteiger partial charge in [-0.25, -0.2) is 15.0 Å². The third kappa shape index (κ3) is 5.36. The van der Waals surface area contributed by atoms with Gasteiger partial charge in [-0.05, 0) is 89.1 Å². The largest absolute Gasteiger partial charge is 0.456 e. The van der Waals surface area contributed by atoms with E-state index >= 15 is 0 Å². The van der Waals surface area contributed by atoms with Gasteiger partial charge in [0.05, 0.1) is 16.7 Å². The first-order valence-corrected chi connectivity index (χ1v) is 21.2. The lowest BCUT2D eigenvalue weighted by atomic mass is 9.95. The van der Waals surface area contributed by atoms with E-state index in [-0.39, 0.29) is 0 Å². The summed E-state index contributed by atoms with van der Waals surface area (Å²) in [5, 5.41) is 9.45. The number of fused-ring (bicyclic) bond motifs is 10. The molecule has 61 heavy (non-hydrogen) atoms. The van der Waals surface area contributed by atoms with Gasteiger partial charge in [0.1, 0.15) is 11.2 Å². The van der Waals surface area contributed by atoms with Crippen molar-refractivity contribution in [2.45, 2.75) is 0 Å². The molecule has 0 unspecified atom stereocenters. The van der Waals surface area contributed by atoms with E-state index in [1.807, 2.05) is 59.9 Å². The molecule has 0 N–H and O–H groups in total. The molecular weight excluding hydrogens is 765 g/mol. The Morgan fingerprint density at radius 2 is 1.02 bits per heavy atom. The molecule has 0 radical (unpaired) electrons. The molecule has 284 valence electrons. The molecule has 0 saturated heterocycles. The third-order valence-electron chi connectivity index (χ3n) is 12.0. The number of hydrogen-bond acceptors (Lipinski definition) is 5. The number of aromatic nitrogens is 4. The van der Waals surface area contributed by atoms with Crippen LogP contribution in [0.2, 0.25) is 0 Å². The molecule has 0 spiro atoms. The van der Waals surface area contributed by atoms with Crippen molar-refractivity contribution in [2.24, 2.45) is 0 Å². The van der Waals surface area contributed by atoms with E-state index in [2.05, 4.69) is 150 Å². The first-order chi connectivity index (χ1) is 30.2. The number of furan rings is 1. The van der Waals surface area contributed by atoms with Gasteiger partial charge in [0.25, 0.3) is 0 Å². The molecule has 4 heterocycles. The van der Waals surface area contributed by atoms with Gasteiger partial charge in [-0.1, -0.05) is 121 Å². The molecule has 0 aliphatic heterocycles. The SMILES string of the molecule is c1ccc(-c2nc(-c3ccc(-n4c5ccccc5c5cc6ccccc6cc54)c(-c4cccc5sc6ccccc6c45)c3)nc(-c3ccc4oc5ccccc5c4c3)n2)cc1. The average molecular weight is 797 g/mol. The number of benzene rings is 9. The molecular formula is C55H32N4OS. The Hall–Kier alpha value is -7.93. The summed E-state index contributed by atoms with van der Waals surface area (Å²) in [4.78, 5) is 15.6. The molecule has 0 saturated carbocycles. The summed E-state index contributed by atoms with van der Waals surface area (Å²) < 4.78 is 11.2. The first-order valence-electron chi connectivity index (χ1n) is 20.4. The standard InChI is InChI=1S/C55H32N4OS/c1-2-13-33(14-3-1)53-56-54(58-55(57-53)37-26-28-49-44(31-37)39-18-7-10-22-48(39)60-49)36-25-27-46(43(30-36)40-20-12-24-51-52(40)41-19-8-11-23-50(41)61-51)59-45-21-9-6-17-38(45)42-29-34-15-4-5-16-35(34)32-47(42)59/h1-32H. The summed E-state index contributed by atoms with van der Waals surface area (Å²) in [5.41, 5.74) is 10.1. The molecule has 5 nitrogen and oxygen atoms in total. The maximum absolute atomic E-state index is 6.20. The second-order valence-corrected chi connectivity index (χ2v) is 16.6. The van der Waals surface area contributed by atoms with Gasteiger partial charge < -0.3 is 8.98 Å². The Balaban J connectivity index is 1.10. The number of nitrogens with zero attached hydrogens (tertiary/aromatic N) is 4. The van der Waals surface area contributed by atoms with Crippen molar-refractivity contribution >= 4 is 86.0 Å². The van der Waals surface area contributed by atoms with Gasteiger partial charge >= 0.3 is 0 Å². The fraction of sp³-hybridized carbons (Fsp3) is 0. The van der Waals surface area contributed by atoms with E-state index < -0.39 is 0 Å². The summed E-state index contributed by atoms with van der Waals surface area (Å²) >= 11 is 1.84. The normalized spacial score (nSPS) is 11.9. The molecule has 0 bridgehead atoms. The van der Waals surface area contributed by atoms with Crippen LogP contribution < -0.4 is 0 Å². The highest BCUT2D eigenvalue weighted by atomic mass is 32.1. The highest BCUT2D eigenvalue weighted by Crippen LogP contribution is 2.45. The first kappa shape index (κ1) is 34.0. The van der Waals surface area contributed by atoms with Crippen LogP contribution in [0.25, 0.3) is 126 Å². The molecule has 4 aromatic heterocycles. The lowest BCUT2D eigenvalue weighted by Crippen LogP contribution is -2.02. The molecule has 0 atom stereocenters. The van der Waals surface area contributed by atoms with E-state index in [0.29, 0.717) is 17.5 Å². The van der Waals surface area contributed by atoms with Crippen LogP contribution in [0.1, 0.15) is 0 Å². The highest BCUT2D eigenvalue weighted by molar-refractivity contribution is 7.25. The summed E-state index contributed by atoms with van der Waals surface area (Å²) in [6, 6.07) is 68.7. The van der Waals surface area contributed by atoms with Crippen molar-refractivity contribution in [3.63, 3.8) is 0 Å². The number of hydrogen-bond donors (Lipinski definition) is 0. The van der Waals surface area contributed by atoms with Crippen molar-refractivity contribution in [3.8, 4) is 51.0 Å². The zero-order valence-corrected chi connectivity index (χ0v) is 33.4. The Morgan fingerprint density at radius 3 is 1.87 bits per heavy atom. The fourth-order valence-electron chi connectivity index (χ4n) is 9.22. The lowest BCUT2D eigenvalue weighted by Gasteiger charge is -2.17. The minimum absolute atomic E-state index is 0.599. The predicted octanol–water partition coefficient (Wildman–Crippen LogP) is 15.1. The molecule has 0 fully saturated rings. The molecule has 0 aliphatic carbocycles. The molecule has 13 aromatic rings. The van der Waals surface area contributed by atoms with Crippen molar-refractivity contribution in [3.05, 3.63) is 194 Å². The van der Waals surface area contributed by atoms with Gasteiger partial charge in [0.2, 0.25) is 0 Å². The minimum atomic E-state index is 0.599. The highest BCUT2D eigenvalue weighted by Gasteiger charge is 2.22. The maximum atomic E-state index is 6.20. The minimum Gasteiger partial charge on any atom is -0.456 e. The van der Waals surface area contributed by atoms with E-state index in [0.717, 1.165) is 66.5 Å². The second-order valence-electron chi connectivity index (χ2n) is 15.6. The maximum Gasteiger partial charge on any atom is 0.164 e. The summed E-state index contributed by atoms with van der Waals surface area (Å²) in [5.74, 6) is 1.81. The summed E-state index contributed by atoms with van der Waals surface area (Å²) in [7, 11) is 0. The zero-order chi connectivity index (χ0) is 40.0. The van der Waals surface area contributed by atoms with E-state index in [9.17, 15) is 0 Å². The van der Waals surface area contributed by atoms with Crippen molar-refractivity contribution < 1.29 is 4.42 Å². The lowest BCUT2D eigenvalue weighted by molar-refractivity contribution is 0.669. The van der Waals surface area contributed by atoms with Gasteiger partial charge in [0.15, 0.2) is 17.5 Å². The number of rotatable bonds is 5. The fourth-order valence-corrected chi connectivity index (χ4v) is 10.3. The Labute approximate surface area is 353 Å². The predicted molar refractivity (Wildman–Crippen MR) is 254 cm³/mol. The average Bonchev–Trinajstić information content (AvgIpc) is 4.00. The van der Waals surface area contributed by atoms with Gasteiger partial charge in [-0.2, -0.15) is 0 Å². The van der Waals surface area contributed by atoms with Crippen LogP contribution in [0, 0.1) is 0 Å². The molecule has 0 aliphatic rings. The van der Waals surface area contributed by atoms with Crippen LogP contribution in [0.5, 0.6) is 0 Å². The van der Waals surface area contributed by atoms with E-state index in [1.165, 1.54) is 41.7 Å². The summed E-state index contributed by atoms with van der Waals surface area (Å²) in [6.45, 7) is 0. The zero-order valence-electron chi connectivity index (χ0n) is 32.6. The van der Waals surface area contributed by atoms with Crippen LogP contribution in [0.4, 0.5) is 0 Å². The van der Waals surface area contributed by atoms with Crippen LogP contribution in [0.15, 0.2) is 199 Å². The second kappa shape index (κ2) is 13.3. The summed E-state index contributed by atoms with van der Waals surface area (Å²) in [6.07, 6.45) is 0. The molecule has 0 amide bonds. The Bertz CT molecular complexity index is 3900. The van der Waals surface area contributed by atoms with Crippen LogP contribution >= 0.6 is 11.3 Å². The topological polar surface area (TPSA) is 56.7 Å². The Kier molecular flexibility index (Phi) is 7.41. The van der Waals surface area contributed by atoms with Gasteiger partial charge in [0, 0.05) is 64.0 Å². The number of para-hydroxylation sites is 2. The van der Waals surface area contributed by atoms with E-state index in [4.69, 9.17) is 19.4 Å². The van der Waals surface area contributed by atoms with Crippen LogP contribution in [-0.4, -0.2) is 19.5 Å².